The molecule has 0 heterocycles. The van der Waals surface area contributed by atoms with Gasteiger partial charge < -0.3 is 14.2 Å². The van der Waals surface area contributed by atoms with Crippen LogP contribution in [0, 0.1) is 0 Å². The van der Waals surface area contributed by atoms with Gasteiger partial charge in [-0.3, -0.25) is 0 Å². The second-order valence-electron chi connectivity index (χ2n) is 2.67. The Balaban J connectivity index is 2.84. The topological polar surface area (TPSA) is 27.7 Å². The van der Waals surface area contributed by atoms with Gasteiger partial charge in [0.05, 0.1) is 7.11 Å². The number of hydrogen-bond acceptors (Lipinski definition) is 3. The van der Waals surface area contributed by atoms with Crippen LogP contribution in [0.15, 0.2) is 18.2 Å². The van der Waals surface area contributed by atoms with Crippen molar-refractivity contribution in [1.29, 1.82) is 0 Å². The number of halogens is 1. The highest BCUT2D eigenvalue weighted by molar-refractivity contribution is 6.17. The summed E-state index contributed by atoms with van der Waals surface area (Å²) in [4.78, 5) is 0. The molecule has 0 bridgehead atoms. The zero-order valence-corrected chi connectivity index (χ0v) is 9.00. The van der Waals surface area contributed by atoms with E-state index in [0.717, 1.165) is 5.56 Å². The van der Waals surface area contributed by atoms with Gasteiger partial charge in [0.2, 0.25) is 0 Å². The molecule has 1 aromatic carbocycles. The molecule has 0 aromatic heterocycles. The van der Waals surface area contributed by atoms with Crippen LogP contribution in [-0.2, 0) is 10.6 Å². The first-order valence-electron chi connectivity index (χ1n) is 4.16. The molecule has 0 spiro atoms. The molecule has 0 fully saturated rings. The van der Waals surface area contributed by atoms with Gasteiger partial charge in [-0.2, -0.15) is 0 Å². The van der Waals surface area contributed by atoms with Crippen LogP contribution in [0.3, 0.4) is 0 Å². The van der Waals surface area contributed by atoms with Crippen molar-refractivity contribution in [3.8, 4) is 11.5 Å². The molecule has 14 heavy (non-hydrogen) atoms. The summed E-state index contributed by atoms with van der Waals surface area (Å²) >= 11 is 5.70. The van der Waals surface area contributed by atoms with Crippen molar-refractivity contribution in [3.05, 3.63) is 23.8 Å². The second kappa shape index (κ2) is 5.73. The van der Waals surface area contributed by atoms with Gasteiger partial charge in [0, 0.05) is 13.0 Å². The van der Waals surface area contributed by atoms with Crippen LogP contribution in [0.5, 0.6) is 11.5 Å². The minimum atomic E-state index is 0.197. The van der Waals surface area contributed by atoms with Crippen molar-refractivity contribution >= 4 is 11.6 Å². The third-order valence-corrected chi connectivity index (χ3v) is 2.02. The van der Waals surface area contributed by atoms with Crippen molar-refractivity contribution in [2.24, 2.45) is 0 Å². The lowest BCUT2D eigenvalue weighted by atomic mass is 10.2. The summed E-state index contributed by atoms with van der Waals surface area (Å²) in [5, 5.41) is 0. The maximum atomic E-state index is 5.70. The summed E-state index contributed by atoms with van der Waals surface area (Å²) in [5.41, 5.74) is 0.985. The maximum absolute atomic E-state index is 5.70. The number of methoxy groups -OCH3 is 2. The smallest absolute Gasteiger partial charge is 0.188 e. The number of ether oxygens (including phenoxy) is 3. The minimum Gasteiger partial charge on any atom is -0.493 e. The third-order valence-electron chi connectivity index (χ3n) is 1.71. The highest BCUT2D eigenvalue weighted by Gasteiger charge is 2.04. The molecule has 3 nitrogen and oxygen atoms in total. The molecule has 78 valence electrons. The minimum absolute atomic E-state index is 0.197. The van der Waals surface area contributed by atoms with E-state index in [4.69, 9.17) is 25.8 Å². The number of hydrogen-bond donors (Lipinski definition) is 0. The summed E-state index contributed by atoms with van der Waals surface area (Å²) in [6, 6.07) is 5.55. The predicted molar refractivity (Wildman–Crippen MR) is 55.1 cm³/mol. The van der Waals surface area contributed by atoms with Gasteiger partial charge in [0.1, 0.15) is 0 Å². The fourth-order valence-corrected chi connectivity index (χ4v) is 1.21. The average molecular weight is 217 g/mol. The van der Waals surface area contributed by atoms with E-state index in [1.54, 1.807) is 14.2 Å². The van der Waals surface area contributed by atoms with E-state index in [1.165, 1.54) is 0 Å². The van der Waals surface area contributed by atoms with Gasteiger partial charge in [-0.05, 0) is 17.7 Å². The largest absolute Gasteiger partial charge is 0.493 e. The Bertz CT molecular complexity index is 289. The molecular weight excluding hydrogens is 204 g/mol. The average Bonchev–Trinajstić information content (AvgIpc) is 2.25. The van der Waals surface area contributed by atoms with Crippen LogP contribution >= 0.6 is 11.6 Å². The zero-order valence-electron chi connectivity index (χ0n) is 8.25. The van der Waals surface area contributed by atoms with Gasteiger partial charge in [0.15, 0.2) is 18.3 Å². The highest BCUT2D eigenvalue weighted by Crippen LogP contribution is 2.28. The van der Waals surface area contributed by atoms with E-state index < -0.39 is 0 Å². The fourth-order valence-electron chi connectivity index (χ4n) is 1.04. The Morgan fingerprint density at radius 1 is 1.21 bits per heavy atom. The van der Waals surface area contributed by atoms with Crippen LogP contribution < -0.4 is 9.47 Å². The standard InChI is InChI=1S/C10H13ClO3/c1-12-7-14-10-5-8(6-11)3-4-9(10)13-2/h3-5H,6-7H2,1-2H3. The SMILES string of the molecule is COCOc1cc(CCl)ccc1OC. The normalized spacial score (nSPS) is 9.93. The summed E-state index contributed by atoms with van der Waals surface area (Å²) in [7, 11) is 3.16. The molecule has 0 saturated heterocycles. The molecule has 0 unspecified atom stereocenters. The second-order valence-corrected chi connectivity index (χ2v) is 2.94. The Hall–Kier alpha value is -0.930. The number of alkyl halides is 1. The van der Waals surface area contributed by atoms with E-state index >= 15 is 0 Å². The molecule has 1 rings (SSSR count). The van der Waals surface area contributed by atoms with Crippen LogP contribution in [0.4, 0.5) is 0 Å². The Morgan fingerprint density at radius 2 is 2.00 bits per heavy atom. The predicted octanol–water partition coefficient (Wildman–Crippen LogP) is 2.42. The maximum Gasteiger partial charge on any atom is 0.188 e. The van der Waals surface area contributed by atoms with Crippen molar-refractivity contribution < 1.29 is 14.2 Å². The van der Waals surface area contributed by atoms with Gasteiger partial charge in [0.25, 0.3) is 0 Å². The summed E-state index contributed by atoms with van der Waals surface area (Å²) in [6.45, 7) is 0.197. The Labute approximate surface area is 88.5 Å². The summed E-state index contributed by atoms with van der Waals surface area (Å²) in [6.07, 6.45) is 0. The lowest BCUT2D eigenvalue weighted by molar-refractivity contribution is 0.0491. The Kier molecular flexibility index (Phi) is 4.56. The van der Waals surface area contributed by atoms with E-state index in [2.05, 4.69) is 0 Å². The Morgan fingerprint density at radius 3 is 2.57 bits per heavy atom. The lowest BCUT2D eigenvalue weighted by Crippen LogP contribution is -2.01. The van der Waals surface area contributed by atoms with Crippen molar-refractivity contribution in [1.82, 2.24) is 0 Å². The molecular formula is C10H13ClO3. The van der Waals surface area contributed by atoms with E-state index in [1.807, 2.05) is 18.2 Å². The van der Waals surface area contributed by atoms with E-state index in [0.29, 0.717) is 17.4 Å². The van der Waals surface area contributed by atoms with Gasteiger partial charge in [-0.1, -0.05) is 6.07 Å². The molecule has 0 aliphatic heterocycles. The zero-order chi connectivity index (χ0) is 10.4. The molecule has 0 N–H and O–H groups in total. The van der Waals surface area contributed by atoms with Gasteiger partial charge in [-0.15, -0.1) is 11.6 Å². The highest BCUT2D eigenvalue weighted by atomic mass is 35.5. The molecule has 0 aliphatic rings. The molecule has 0 saturated carbocycles. The van der Waals surface area contributed by atoms with Crippen LogP contribution in [0.2, 0.25) is 0 Å². The third kappa shape index (κ3) is 2.79. The van der Waals surface area contributed by atoms with Crippen molar-refractivity contribution in [2.75, 3.05) is 21.0 Å². The summed E-state index contributed by atoms with van der Waals surface area (Å²) in [5.74, 6) is 1.77. The van der Waals surface area contributed by atoms with Crippen LogP contribution in [0.25, 0.3) is 0 Å². The fraction of sp³-hybridized carbons (Fsp3) is 0.400. The number of rotatable bonds is 5. The van der Waals surface area contributed by atoms with Gasteiger partial charge >= 0.3 is 0 Å². The lowest BCUT2D eigenvalue weighted by Gasteiger charge is -2.10. The molecule has 0 atom stereocenters. The van der Waals surface area contributed by atoms with E-state index in [9.17, 15) is 0 Å². The first-order chi connectivity index (χ1) is 6.81. The first kappa shape index (κ1) is 11.1. The van der Waals surface area contributed by atoms with Crippen molar-refractivity contribution in [2.45, 2.75) is 5.88 Å². The monoisotopic (exact) mass is 216 g/mol. The molecule has 0 radical (unpaired) electrons. The molecule has 4 heteroatoms. The van der Waals surface area contributed by atoms with Crippen LogP contribution in [0.1, 0.15) is 5.56 Å². The van der Waals surface area contributed by atoms with Crippen molar-refractivity contribution in [3.63, 3.8) is 0 Å². The van der Waals surface area contributed by atoms with E-state index in [-0.39, 0.29) is 6.79 Å². The molecule has 1 aromatic rings. The quantitative estimate of drug-likeness (QED) is 0.559. The summed E-state index contributed by atoms with van der Waals surface area (Å²) < 4.78 is 15.2. The first-order valence-corrected chi connectivity index (χ1v) is 4.70. The van der Waals surface area contributed by atoms with Gasteiger partial charge in [-0.25, -0.2) is 0 Å². The number of benzene rings is 1. The molecule has 0 aliphatic carbocycles. The van der Waals surface area contributed by atoms with Crippen LogP contribution in [-0.4, -0.2) is 21.0 Å². The molecule has 0 amide bonds.